The number of hydrogen-bond donors (Lipinski definition) is 1. The number of nitrogens with zero attached hydrogens (tertiary/aromatic N) is 1. The maximum absolute atomic E-state index is 12.8. The molecule has 0 unspecified atom stereocenters. The molecule has 0 aliphatic carbocycles. The van der Waals surface area contributed by atoms with Crippen molar-refractivity contribution in [2.24, 2.45) is 0 Å². The summed E-state index contributed by atoms with van der Waals surface area (Å²) < 4.78 is 1.15. The molecular formula is C21H18N2OS3. The monoisotopic (exact) mass is 410 g/mol. The van der Waals surface area contributed by atoms with E-state index in [9.17, 15) is 4.79 Å². The van der Waals surface area contributed by atoms with E-state index in [4.69, 9.17) is 4.98 Å². The Bertz CT molecular complexity index is 1060. The van der Waals surface area contributed by atoms with Crippen molar-refractivity contribution in [1.82, 2.24) is 4.98 Å². The predicted molar refractivity (Wildman–Crippen MR) is 118 cm³/mol. The molecule has 0 radical (unpaired) electrons. The van der Waals surface area contributed by atoms with Crippen LogP contribution in [0.15, 0.2) is 64.9 Å². The average Bonchev–Trinajstić information content (AvgIpc) is 3.27. The highest BCUT2D eigenvalue weighted by atomic mass is 32.2. The van der Waals surface area contributed by atoms with Gasteiger partial charge in [0.1, 0.15) is 10.0 Å². The summed E-state index contributed by atoms with van der Waals surface area (Å²) in [5.41, 5.74) is 2.63. The van der Waals surface area contributed by atoms with E-state index in [2.05, 4.69) is 25.2 Å². The Balaban J connectivity index is 1.59. The van der Waals surface area contributed by atoms with Crippen LogP contribution >= 0.6 is 34.4 Å². The van der Waals surface area contributed by atoms with Gasteiger partial charge >= 0.3 is 0 Å². The molecule has 0 aliphatic rings. The molecule has 136 valence electrons. The number of nitrogens with one attached hydrogen (secondary N) is 1. The van der Waals surface area contributed by atoms with Crippen LogP contribution in [0.2, 0.25) is 0 Å². The number of thioether (sulfide) groups is 1. The van der Waals surface area contributed by atoms with Crippen molar-refractivity contribution in [1.29, 1.82) is 0 Å². The van der Waals surface area contributed by atoms with Crippen LogP contribution in [-0.2, 0) is 0 Å². The van der Waals surface area contributed by atoms with Gasteiger partial charge in [-0.15, -0.1) is 34.4 Å². The first-order valence-electron chi connectivity index (χ1n) is 8.61. The van der Waals surface area contributed by atoms with Gasteiger partial charge in [-0.25, -0.2) is 4.98 Å². The van der Waals surface area contributed by atoms with Crippen LogP contribution in [0.1, 0.15) is 24.2 Å². The summed E-state index contributed by atoms with van der Waals surface area (Å²) in [4.78, 5) is 18.6. The van der Waals surface area contributed by atoms with Gasteiger partial charge in [-0.3, -0.25) is 4.79 Å². The minimum Gasteiger partial charge on any atom is -0.313 e. The first kappa shape index (κ1) is 18.2. The number of fused-ring (bicyclic) bond motifs is 1. The maximum Gasteiger partial charge on any atom is 0.256 e. The number of carbonyl (C=O) groups is 1. The highest BCUT2D eigenvalue weighted by molar-refractivity contribution is 7.99. The molecule has 2 aromatic carbocycles. The molecule has 0 aliphatic heterocycles. The third kappa shape index (κ3) is 4.08. The molecule has 0 saturated heterocycles. The fourth-order valence-electron chi connectivity index (χ4n) is 2.72. The van der Waals surface area contributed by atoms with Crippen LogP contribution in [0.25, 0.3) is 20.8 Å². The van der Waals surface area contributed by atoms with Gasteiger partial charge in [0.05, 0.1) is 10.2 Å². The van der Waals surface area contributed by atoms with Gasteiger partial charge in [0, 0.05) is 21.3 Å². The standard InChI is InChI=1S/C21H18N2OS3/c1-13(2)26-15-7-5-6-14(12-15)19(24)23-20-16(10-11-25-20)21-22-17-8-3-4-9-18(17)27-21/h3-13H,1-2H3,(H,23,24). The van der Waals surface area contributed by atoms with Crippen molar-refractivity contribution < 1.29 is 4.79 Å². The second-order valence-corrected chi connectivity index (χ2v) is 9.90. The lowest BCUT2D eigenvalue weighted by atomic mass is 10.2. The van der Waals surface area contributed by atoms with E-state index in [0.29, 0.717) is 10.8 Å². The second-order valence-electron chi connectivity index (χ2n) is 6.30. The molecule has 2 heterocycles. The molecule has 1 amide bonds. The van der Waals surface area contributed by atoms with Gasteiger partial charge < -0.3 is 5.32 Å². The molecule has 2 aromatic heterocycles. The fourth-order valence-corrected chi connectivity index (χ4v) is 5.46. The summed E-state index contributed by atoms with van der Waals surface area (Å²) in [5.74, 6) is -0.0917. The van der Waals surface area contributed by atoms with Crippen LogP contribution < -0.4 is 5.32 Å². The molecule has 0 atom stereocenters. The van der Waals surface area contributed by atoms with Crippen LogP contribution in [0.3, 0.4) is 0 Å². The maximum atomic E-state index is 12.8. The van der Waals surface area contributed by atoms with Crippen molar-refractivity contribution in [2.75, 3.05) is 5.32 Å². The number of carbonyl (C=O) groups excluding carboxylic acids is 1. The lowest BCUT2D eigenvalue weighted by Crippen LogP contribution is -2.11. The van der Waals surface area contributed by atoms with Gasteiger partial charge in [-0.05, 0) is 41.8 Å². The Morgan fingerprint density at radius 2 is 1.96 bits per heavy atom. The van der Waals surface area contributed by atoms with Crippen molar-refractivity contribution >= 4 is 55.6 Å². The zero-order valence-corrected chi connectivity index (χ0v) is 17.4. The molecule has 6 heteroatoms. The minimum absolute atomic E-state index is 0.0917. The van der Waals surface area contributed by atoms with Crippen molar-refractivity contribution in [3.05, 3.63) is 65.5 Å². The van der Waals surface area contributed by atoms with E-state index in [0.717, 1.165) is 30.7 Å². The fraction of sp³-hybridized carbons (Fsp3) is 0.143. The van der Waals surface area contributed by atoms with Crippen LogP contribution in [0.4, 0.5) is 5.00 Å². The van der Waals surface area contributed by atoms with Crippen molar-refractivity contribution in [3.63, 3.8) is 0 Å². The van der Waals surface area contributed by atoms with Crippen molar-refractivity contribution in [2.45, 2.75) is 24.0 Å². The van der Waals surface area contributed by atoms with Crippen LogP contribution in [0, 0.1) is 0 Å². The van der Waals surface area contributed by atoms with Gasteiger partial charge in [0.2, 0.25) is 0 Å². The molecule has 27 heavy (non-hydrogen) atoms. The summed E-state index contributed by atoms with van der Waals surface area (Å²) >= 11 is 4.92. The zero-order chi connectivity index (χ0) is 18.8. The van der Waals surface area contributed by atoms with E-state index in [1.54, 1.807) is 23.1 Å². The molecule has 0 fully saturated rings. The Morgan fingerprint density at radius 3 is 2.78 bits per heavy atom. The van der Waals surface area contributed by atoms with Gasteiger partial charge in [-0.1, -0.05) is 32.0 Å². The number of rotatable bonds is 5. The summed E-state index contributed by atoms with van der Waals surface area (Å²) in [5, 5.41) is 7.30. The molecule has 3 nitrogen and oxygen atoms in total. The Hall–Kier alpha value is -2.15. The second kappa shape index (κ2) is 7.84. The number of anilines is 1. The van der Waals surface area contributed by atoms with Crippen LogP contribution in [0.5, 0.6) is 0 Å². The first-order chi connectivity index (χ1) is 13.1. The van der Waals surface area contributed by atoms with E-state index >= 15 is 0 Å². The van der Waals surface area contributed by atoms with Crippen molar-refractivity contribution in [3.8, 4) is 10.6 Å². The Kier molecular flexibility index (Phi) is 5.29. The minimum atomic E-state index is -0.0917. The number of benzene rings is 2. The van der Waals surface area contributed by atoms with Crippen LogP contribution in [-0.4, -0.2) is 16.1 Å². The number of aromatic nitrogens is 1. The summed E-state index contributed by atoms with van der Waals surface area (Å²) in [6.07, 6.45) is 0. The topological polar surface area (TPSA) is 42.0 Å². The molecular weight excluding hydrogens is 392 g/mol. The largest absolute Gasteiger partial charge is 0.313 e. The van der Waals surface area contributed by atoms with Gasteiger partial charge in [-0.2, -0.15) is 0 Å². The normalized spacial score (nSPS) is 11.2. The first-order valence-corrected chi connectivity index (χ1v) is 11.2. The number of thiophene rings is 1. The highest BCUT2D eigenvalue weighted by Gasteiger charge is 2.15. The summed E-state index contributed by atoms with van der Waals surface area (Å²) in [6.45, 7) is 4.29. The molecule has 0 spiro atoms. The number of hydrogen-bond acceptors (Lipinski definition) is 5. The van der Waals surface area contributed by atoms with E-state index in [1.807, 2.05) is 53.9 Å². The quantitative estimate of drug-likeness (QED) is 0.369. The highest BCUT2D eigenvalue weighted by Crippen LogP contribution is 2.38. The average molecular weight is 411 g/mol. The summed E-state index contributed by atoms with van der Waals surface area (Å²) in [6, 6.07) is 17.9. The molecule has 0 saturated carbocycles. The Morgan fingerprint density at radius 1 is 1.11 bits per heavy atom. The predicted octanol–water partition coefficient (Wildman–Crippen LogP) is 6.78. The van der Waals surface area contributed by atoms with E-state index in [1.165, 1.54) is 11.3 Å². The van der Waals surface area contributed by atoms with Gasteiger partial charge in [0.25, 0.3) is 5.91 Å². The van der Waals surface area contributed by atoms with E-state index < -0.39 is 0 Å². The third-order valence-corrected chi connectivity index (χ3v) is 6.78. The molecule has 1 N–H and O–H groups in total. The smallest absolute Gasteiger partial charge is 0.256 e. The lowest BCUT2D eigenvalue weighted by Gasteiger charge is -2.08. The van der Waals surface area contributed by atoms with Gasteiger partial charge in [0.15, 0.2) is 0 Å². The SMILES string of the molecule is CC(C)Sc1cccc(C(=O)Nc2sccc2-c2nc3ccccc3s2)c1. The number of para-hydroxylation sites is 1. The van der Waals surface area contributed by atoms with E-state index in [-0.39, 0.29) is 5.91 Å². The third-order valence-electron chi connectivity index (χ3n) is 3.88. The summed E-state index contributed by atoms with van der Waals surface area (Å²) in [7, 11) is 0. The number of amides is 1. The molecule has 4 rings (SSSR count). The lowest BCUT2D eigenvalue weighted by molar-refractivity contribution is 0.102. The molecule has 4 aromatic rings. The number of thiazole rings is 1. The molecule has 0 bridgehead atoms. The Labute approximate surface area is 170 Å². The zero-order valence-electron chi connectivity index (χ0n) is 14.9.